The summed E-state index contributed by atoms with van der Waals surface area (Å²) in [6.45, 7) is 26.5. The van der Waals surface area contributed by atoms with Crippen LogP contribution in [-0.2, 0) is 23.9 Å². The number of carbonyl (C=O) groups is 7. The van der Waals surface area contributed by atoms with Crippen molar-refractivity contribution in [1.82, 2.24) is 55.0 Å². The number of ether oxygens (including phenoxy) is 2. The van der Waals surface area contributed by atoms with Gasteiger partial charge in [-0.05, 0) is 172 Å². The van der Waals surface area contributed by atoms with Crippen molar-refractivity contribution in [3.63, 3.8) is 0 Å². The molecule has 4 unspecified atom stereocenters. The monoisotopic (exact) mass is 1290 g/mol. The predicted molar refractivity (Wildman–Crippen MR) is 368 cm³/mol. The van der Waals surface area contributed by atoms with E-state index in [2.05, 4.69) is 113 Å². The minimum Gasteiger partial charge on any atom is -0.469 e. The zero-order valence-electron chi connectivity index (χ0n) is 57.2. The molecule has 0 aliphatic carbocycles. The highest BCUT2D eigenvalue weighted by Gasteiger charge is 2.43. The minimum atomic E-state index is -0.470. The van der Waals surface area contributed by atoms with E-state index in [-0.39, 0.29) is 86.4 Å². The number of methoxy groups -OCH3 is 2. The van der Waals surface area contributed by atoms with Crippen LogP contribution < -0.4 is 11.1 Å². The summed E-state index contributed by atoms with van der Waals surface area (Å²) in [5, 5.41) is 2.71. The lowest BCUT2D eigenvalue weighted by atomic mass is 9.84. The third kappa shape index (κ3) is 11.7. The molecule has 7 N–H and O–H groups in total. The van der Waals surface area contributed by atoms with Crippen molar-refractivity contribution < 1.29 is 43.0 Å². The molecule has 8 aliphatic rings. The Bertz CT molecular complexity index is 4580. The Morgan fingerprint density at radius 2 is 0.832 bits per heavy atom. The molecule has 16 bridgehead atoms. The van der Waals surface area contributed by atoms with Gasteiger partial charge in [0.15, 0.2) is 0 Å². The average molecular weight is 1290 g/mol. The summed E-state index contributed by atoms with van der Waals surface area (Å²) >= 11 is 0. The van der Waals surface area contributed by atoms with Crippen molar-refractivity contribution in [2.24, 2.45) is 5.73 Å². The summed E-state index contributed by atoms with van der Waals surface area (Å²) in [7, 11) is 2.74. The number of nitrogens with one attached hydrogen (secondary N) is 5. The van der Waals surface area contributed by atoms with Gasteiger partial charge in [-0.2, -0.15) is 0 Å². The van der Waals surface area contributed by atoms with Crippen molar-refractivity contribution in [3.05, 3.63) is 138 Å². The van der Waals surface area contributed by atoms with E-state index in [1.165, 1.54) is 36.5 Å². The first kappa shape index (κ1) is 66.8. The Morgan fingerprint density at radius 1 is 0.495 bits per heavy atom. The van der Waals surface area contributed by atoms with Gasteiger partial charge in [0.2, 0.25) is 5.91 Å². The summed E-state index contributed by atoms with van der Waals surface area (Å²) in [5.41, 5.74) is 30.0. The number of allylic oxidation sites excluding steroid dienone is 8. The molecule has 8 aliphatic heterocycles. The van der Waals surface area contributed by atoms with E-state index in [0.29, 0.717) is 68.6 Å². The van der Waals surface area contributed by atoms with Crippen molar-refractivity contribution >= 4 is 108 Å². The predicted octanol–water partition coefficient (Wildman–Crippen LogP) is 13.0. The Morgan fingerprint density at radius 3 is 1.17 bits per heavy atom. The first-order valence-corrected chi connectivity index (χ1v) is 33.2. The standard InChI is InChI=1S/C38H44N6O5.C36H42N6O4/c1-9-23-18(3)26-15-28-20(5)25(11-12-32(46)49-8)35(42-28)34-36-33(37(47)44(38(34)48)14-13-39-22(7)45)21(6)29(43-36)17-31-24(10-2)19(4)27(41-31)16-30(23)40-26;1-8-21-17(3)24-14-26-19(5)23(10-11-30(43)46-7)33(40-26)32-34-31(35(44)42(13-12-37)36(32)45)20(6)27(41-34)16-29-22(9-2)18(4)25(39-29)15-28(21)38-24/h15-17,20,25,42-43H,9-14H2,1-8H3,(H,39,45);14-16,19,23,40-41H,8-13,37H2,1-7H3. The molecular formula is C74H86N12O9. The van der Waals surface area contributed by atoms with Crippen LogP contribution in [0, 0.1) is 13.8 Å². The molecular weight excluding hydrogens is 1200 g/mol. The number of fused-ring (bicyclic) bond motifs is 16. The van der Waals surface area contributed by atoms with Crippen LogP contribution in [0.5, 0.6) is 0 Å². The lowest BCUT2D eigenvalue weighted by Gasteiger charge is -2.27. The number of aromatic amines is 4. The van der Waals surface area contributed by atoms with Gasteiger partial charge in [-0.1, -0.05) is 41.5 Å². The lowest BCUT2D eigenvalue weighted by Crippen LogP contribution is -2.44. The number of aryl methyl sites for hydroxylation is 2. The van der Waals surface area contributed by atoms with Crippen LogP contribution in [-0.4, -0.2) is 132 Å². The Hall–Kier alpha value is -9.63. The zero-order valence-corrected chi connectivity index (χ0v) is 57.2. The van der Waals surface area contributed by atoms with Gasteiger partial charge in [0, 0.05) is 103 Å². The number of hydrogen-bond acceptors (Lipinski definition) is 14. The highest BCUT2D eigenvalue weighted by molar-refractivity contribution is 6.24. The minimum absolute atomic E-state index is 0.00416. The molecule has 0 saturated heterocycles. The quantitative estimate of drug-likeness (QED) is 0.0477. The number of imide groups is 2. The number of H-pyrrole nitrogens is 4. The molecule has 12 heterocycles. The summed E-state index contributed by atoms with van der Waals surface area (Å²) in [6.07, 6.45) is 4.38. The van der Waals surface area contributed by atoms with Crippen LogP contribution in [0.25, 0.3) is 66.7 Å². The maximum Gasteiger partial charge on any atom is 0.305 e. The van der Waals surface area contributed by atoms with E-state index in [1.807, 2.05) is 32.0 Å². The van der Waals surface area contributed by atoms with E-state index in [0.717, 1.165) is 133 Å². The second kappa shape index (κ2) is 26.6. The van der Waals surface area contributed by atoms with Crippen molar-refractivity contribution in [1.29, 1.82) is 0 Å². The van der Waals surface area contributed by atoms with Crippen LogP contribution in [0.2, 0.25) is 0 Å². The molecule has 95 heavy (non-hydrogen) atoms. The van der Waals surface area contributed by atoms with E-state index in [9.17, 15) is 33.6 Å². The molecule has 0 fully saturated rings. The second-order valence-corrected chi connectivity index (χ2v) is 25.6. The Kier molecular flexibility index (Phi) is 18.7. The van der Waals surface area contributed by atoms with Gasteiger partial charge < -0.3 is 40.5 Å². The second-order valence-electron chi connectivity index (χ2n) is 25.6. The number of hydrogen-bond donors (Lipinski definition) is 6. The SMILES string of the molecule is CCC1=C(C)c2cc3[nH]c(c4c5[nH]c(cc6nc(cc1n2)C(C)=C6CC)c(C)c5C(=O)N(CCN)C4=O)C(CCC(=O)OC)C3C.CCC1=C(C)c2cc3[nH]c(c4c5[nH]c(cc6nc(cc1n2)C(C)=C6CC)c(C)c5C(=O)N(CCNC(C)=O)C4=O)C(CCC(=O)OC)C3C. The summed E-state index contributed by atoms with van der Waals surface area (Å²) in [5.74, 6) is -3.29. The number of aromatic nitrogens is 8. The molecule has 21 nitrogen and oxygen atoms in total. The fourth-order valence-electron chi connectivity index (χ4n) is 14.9. The lowest BCUT2D eigenvalue weighted by molar-refractivity contribution is -0.141. The largest absolute Gasteiger partial charge is 0.469 e. The smallest absolute Gasteiger partial charge is 0.305 e. The zero-order chi connectivity index (χ0) is 68.3. The van der Waals surface area contributed by atoms with Crippen LogP contribution >= 0.6 is 0 Å². The Labute approximate surface area is 553 Å². The summed E-state index contributed by atoms with van der Waals surface area (Å²) in [4.78, 5) is 130. The fraction of sp³-hybridized carbons (Fsp3) is 0.419. The van der Waals surface area contributed by atoms with Crippen molar-refractivity contribution in [2.75, 3.05) is 40.4 Å². The van der Waals surface area contributed by atoms with E-state index >= 15 is 0 Å². The van der Waals surface area contributed by atoms with Crippen LogP contribution in [0.1, 0.15) is 272 Å². The number of carbonyl (C=O) groups excluding carboxylic acids is 7. The van der Waals surface area contributed by atoms with Gasteiger partial charge in [0.05, 0.1) is 93.1 Å². The maximum absolute atomic E-state index is 14.5. The van der Waals surface area contributed by atoms with Crippen LogP contribution in [0.4, 0.5) is 0 Å². The number of esters is 2. The molecule has 0 spiro atoms. The molecule has 4 aromatic rings. The third-order valence-corrected chi connectivity index (χ3v) is 20.4. The van der Waals surface area contributed by atoms with Gasteiger partial charge in [0.25, 0.3) is 23.6 Å². The number of amides is 5. The molecule has 0 saturated carbocycles. The van der Waals surface area contributed by atoms with Crippen LogP contribution in [0.3, 0.4) is 0 Å². The van der Waals surface area contributed by atoms with Crippen molar-refractivity contribution in [2.45, 2.75) is 165 Å². The van der Waals surface area contributed by atoms with E-state index in [4.69, 9.17) is 35.1 Å². The third-order valence-electron chi connectivity index (χ3n) is 20.4. The highest BCUT2D eigenvalue weighted by Crippen LogP contribution is 2.48. The van der Waals surface area contributed by atoms with Crippen molar-refractivity contribution in [3.8, 4) is 0 Å². The molecule has 4 atom stereocenters. The normalized spacial score (nSPS) is 18.2. The Balaban J connectivity index is 0.000000194. The molecule has 4 aromatic heterocycles. The van der Waals surface area contributed by atoms with Gasteiger partial charge in [0.1, 0.15) is 0 Å². The first-order chi connectivity index (χ1) is 45.4. The topological polar surface area (TPSA) is 297 Å². The fourth-order valence-corrected chi connectivity index (χ4v) is 14.9. The molecule has 496 valence electrons. The molecule has 0 aromatic carbocycles. The van der Waals surface area contributed by atoms with E-state index in [1.54, 1.807) is 0 Å². The van der Waals surface area contributed by atoms with E-state index < -0.39 is 17.7 Å². The van der Waals surface area contributed by atoms with Gasteiger partial charge in [-0.3, -0.25) is 43.4 Å². The summed E-state index contributed by atoms with van der Waals surface area (Å²) < 4.78 is 9.98. The molecule has 0 radical (unpaired) electrons. The highest BCUT2D eigenvalue weighted by atomic mass is 16.5. The number of rotatable bonds is 15. The molecule has 5 amide bonds. The van der Waals surface area contributed by atoms with Gasteiger partial charge in [-0.25, -0.2) is 19.9 Å². The van der Waals surface area contributed by atoms with Crippen LogP contribution in [0.15, 0.2) is 36.4 Å². The number of nitrogens with zero attached hydrogens (tertiary/aromatic N) is 6. The van der Waals surface area contributed by atoms with Gasteiger partial charge >= 0.3 is 11.9 Å². The molecule has 21 heteroatoms. The average Bonchev–Trinajstić information content (AvgIpc) is 1.61. The molecule has 12 rings (SSSR count). The maximum atomic E-state index is 14.5. The number of nitrogens with two attached hydrogens (primary N) is 1. The first-order valence-electron chi connectivity index (χ1n) is 33.2. The van der Waals surface area contributed by atoms with Gasteiger partial charge in [-0.15, -0.1) is 0 Å². The summed E-state index contributed by atoms with van der Waals surface area (Å²) in [6, 6.07) is 12.2.